The van der Waals surface area contributed by atoms with Crippen molar-refractivity contribution in [2.75, 3.05) is 13.7 Å². The maximum Gasteiger partial charge on any atom is 0.260 e. The van der Waals surface area contributed by atoms with E-state index in [0.29, 0.717) is 28.3 Å². The van der Waals surface area contributed by atoms with Crippen LogP contribution in [0.25, 0.3) is 21.9 Å². The Kier molecular flexibility index (Phi) is 5.93. The van der Waals surface area contributed by atoms with E-state index in [9.17, 15) is 10.1 Å². The first-order valence-electron chi connectivity index (χ1n) is 9.72. The summed E-state index contributed by atoms with van der Waals surface area (Å²) in [5, 5.41) is 10.4. The van der Waals surface area contributed by atoms with Crippen LogP contribution in [0.2, 0.25) is 0 Å². The molecule has 0 radical (unpaired) electrons. The number of nitriles is 1. The summed E-state index contributed by atoms with van der Waals surface area (Å²) in [7, 11) is 1.56. The fourth-order valence-corrected chi connectivity index (χ4v) is 5.56. The highest BCUT2D eigenvalue weighted by Gasteiger charge is 2.20. The molecule has 1 N–H and O–H groups in total. The quantitative estimate of drug-likeness (QED) is 0.507. The number of aromatic nitrogens is 2. The normalized spacial score (nSPS) is 13.7. The lowest BCUT2D eigenvalue weighted by atomic mass is 9.97. The van der Waals surface area contributed by atoms with Crippen LogP contribution < -0.4 is 15.0 Å². The zero-order chi connectivity index (χ0) is 21.3. The molecule has 0 atom stereocenters. The number of thiophene rings is 1. The third kappa shape index (κ3) is 3.75. The van der Waals surface area contributed by atoms with Crippen LogP contribution in [0.15, 0.2) is 21.4 Å². The number of allylic oxidation sites excluding steroid dienone is 1. The molecule has 1 aliphatic carbocycles. The van der Waals surface area contributed by atoms with E-state index >= 15 is 0 Å². The first-order chi connectivity index (χ1) is 14.5. The predicted octanol–water partition coefficient (Wildman–Crippen LogP) is 5.10. The molecule has 0 saturated carbocycles. The number of nitrogens with zero attached hydrogens (tertiary/aromatic N) is 2. The van der Waals surface area contributed by atoms with E-state index in [4.69, 9.17) is 9.47 Å². The van der Waals surface area contributed by atoms with Crippen molar-refractivity contribution < 1.29 is 9.47 Å². The number of nitrogens with one attached hydrogen (secondary N) is 1. The third-order valence-corrected chi connectivity index (χ3v) is 6.83. The number of aromatic amines is 1. The Hall–Kier alpha value is -2.63. The van der Waals surface area contributed by atoms with Crippen molar-refractivity contribution in [3.63, 3.8) is 0 Å². The van der Waals surface area contributed by atoms with Gasteiger partial charge in [0.25, 0.3) is 5.56 Å². The molecule has 1 aliphatic rings. The van der Waals surface area contributed by atoms with E-state index in [2.05, 4.69) is 32.0 Å². The maximum absolute atomic E-state index is 12.8. The van der Waals surface area contributed by atoms with Crippen LogP contribution in [-0.2, 0) is 12.8 Å². The van der Waals surface area contributed by atoms with E-state index in [0.717, 1.165) is 41.3 Å². The van der Waals surface area contributed by atoms with Crippen molar-refractivity contribution in [1.82, 2.24) is 9.97 Å². The Labute approximate surface area is 186 Å². The summed E-state index contributed by atoms with van der Waals surface area (Å²) in [6.45, 7) is 2.40. The molecule has 154 valence electrons. The molecule has 4 rings (SSSR count). The SMILES string of the molecule is CCOc1c(Br)cc(/C=C(\C#N)c2nc3sc4c(c3c(=O)[nH]2)CCCC4)cc1OC. The van der Waals surface area contributed by atoms with Crippen LogP contribution in [0.1, 0.15) is 41.6 Å². The van der Waals surface area contributed by atoms with Gasteiger partial charge in [0.15, 0.2) is 17.3 Å². The van der Waals surface area contributed by atoms with Gasteiger partial charge in [0, 0.05) is 4.88 Å². The molecule has 0 unspecified atom stereocenters. The number of aryl methyl sites for hydroxylation is 2. The second kappa shape index (κ2) is 8.62. The minimum atomic E-state index is -0.180. The maximum atomic E-state index is 12.8. The minimum absolute atomic E-state index is 0.180. The van der Waals surface area contributed by atoms with Crippen LogP contribution in [0.4, 0.5) is 0 Å². The van der Waals surface area contributed by atoms with Gasteiger partial charge in [-0.15, -0.1) is 11.3 Å². The van der Waals surface area contributed by atoms with E-state index in [1.807, 2.05) is 13.0 Å². The van der Waals surface area contributed by atoms with Gasteiger partial charge in [-0.1, -0.05) is 0 Å². The van der Waals surface area contributed by atoms with Gasteiger partial charge in [-0.05, 0) is 77.9 Å². The highest BCUT2D eigenvalue weighted by Crippen LogP contribution is 2.38. The van der Waals surface area contributed by atoms with Crippen LogP contribution in [0, 0.1) is 11.3 Å². The number of H-pyrrole nitrogens is 1. The lowest BCUT2D eigenvalue weighted by Gasteiger charge is -2.12. The van der Waals surface area contributed by atoms with Gasteiger partial charge in [-0.2, -0.15) is 5.26 Å². The average Bonchev–Trinajstić information content (AvgIpc) is 3.12. The fraction of sp³-hybridized carbons (Fsp3) is 0.318. The van der Waals surface area contributed by atoms with Gasteiger partial charge in [0.05, 0.1) is 29.1 Å². The highest BCUT2D eigenvalue weighted by molar-refractivity contribution is 9.10. The van der Waals surface area contributed by atoms with E-state index in [1.54, 1.807) is 30.6 Å². The summed E-state index contributed by atoms with van der Waals surface area (Å²) < 4.78 is 11.8. The molecular formula is C22H20BrN3O3S. The molecular weight excluding hydrogens is 466 g/mol. The van der Waals surface area contributed by atoms with Crippen molar-refractivity contribution in [3.05, 3.63) is 48.8 Å². The molecule has 0 bridgehead atoms. The standard InChI is InChI=1S/C22H20BrN3O3S/c1-3-29-19-15(23)9-12(10-16(19)28-2)8-13(11-24)20-25-21(27)18-14-6-4-5-7-17(14)30-22(18)26-20/h8-10H,3-7H2,1-2H3,(H,25,26,27)/b13-8+. The van der Waals surface area contributed by atoms with E-state index in [-0.39, 0.29) is 17.0 Å². The van der Waals surface area contributed by atoms with Gasteiger partial charge in [0.1, 0.15) is 10.9 Å². The molecule has 6 nitrogen and oxygen atoms in total. The predicted molar refractivity (Wildman–Crippen MR) is 122 cm³/mol. The third-order valence-electron chi connectivity index (χ3n) is 5.05. The molecule has 0 fully saturated rings. The Morgan fingerprint density at radius 3 is 2.93 bits per heavy atom. The van der Waals surface area contributed by atoms with E-state index in [1.165, 1.54) is 4.88 Å². The Morgan fingerprint density at radius 2 is 2.20 bits per heavy atom. The van der Waals surface area contributed by atoms with Crippen LogP contribution in [0.5, 0.6) is 11.5 Å². The number of hydrogen-bond donors (Lipinski definition) is 1. The molecule has 0 saturated heterocycles. The van der Waals surface area contributed by atoms with Crippen LogP contribution in [0.3, 0.4) is 0 Å². The van der Waals surface area contributed by atoms with Gasteiger partial charge >= 0.3 is 0 Å². The summed E-state index contributed by atoms with van der Waals surface area (Å²) in [4.78, 5) is 22.2. The molecule has 3 aromatic rings. The lowest BCUT2D eigenvalue weighted by Crippen LogP contribution is -2.12. The van der Waals surface area contributed by atoms with Crippen molar-refractivity contribution in [2.24, 2.45) is 0 Å². The highest BCUT2D eigenvalue weighted by atomic mass is 79.9. The van der Waals surface area contributed by atoms with Gasteiger partial charge in [-0.25, -0.2) is 4.98 Å². The Bertz CT molecular complexity index is 1250. The molecule has 2 aromatic heterocycles. The minimum Gasteiger partial charge on any atom is -0.493 e. The number of hydrogen-bond acceptors (Lipinski definition) is 6. The first-order valence-corrected chi connectivity index (χ1v) is 11.3. The van der Waals surface area contributed by atoms with Gasteiger partial charge in [-0.3, -0.25) is 4.79 Å². The monoisotopic (exact) mass is 485 g/mol. The van der Waals surface area contributed by atoms with Crippen molar-refractivity contribution in [1.29, 1.82) is 5.26 Å². The molecule has 8 heteroatoms. The molecule has 30 heavy (non-hydrogen) atoms. The van der Waals surface area contributed by atoms with Crippen molar-refractivity contribution >= 4 is 49.1 Å². The Balaban J connectivity index is 1.80. The summed E-state index contributed by atoms with van der Waals surface area (Å²) in [5.74, 6) is 1.43. The van der Waals surface area contributed by atoms with Gasteiger partial charge in [0.2, 0.25) is 0 Å². The fourth-order valence-electron chi connectivity index (χ4n) is 3.72. The number of benzene rings is 1. The zero-order valence-corrected chi connectivity index (χ0v) is 19.1. The van der Waals surface area contributed by atoms with Crippen molar-refractivity contribution in [3.8, 4) is 17.6 Å². The number of halogens is 1. The summed E-state index contributed by atoms with van der Waals surface area (Å²) in [6.07, 6.45) is 5.83. The molecule has 0 aliphatic heterocycles. The zero-order valence-electron chi connectivity index (χ0n) is 16.7. The first kappa shape index (κ1) is 20.6. The topological polar surface area (TPSA) is 88.0 Å². The van der Waals surface area contributed by atoms with Crippen LogP contribution >= 0.6 is 27.3 Å². The summed E-state index contributed by atoms with van der Waals surface area (Å²) in [6, 6.07) is 5.79. The smallest absolute Gasteiger partial charge is 0.260 e. The Morgan fingerprint density at radius 1 is 1.40 bits per heavy atom. The molecule has 0 amide bonds. The van der Waals surface area contributed by atoms with E-state index < -0.39 is 0 Å². The van der Waals surface area contributed by atoms with Crippen LogP contribution in [-0.4, -0.2) is 23.7 Å². The number of ether oxygens (including phenoxy) is 2. The van der Waals surface area contributed by atoms with Crippen molar-refractivity contribution in [2.45, 2.75) is 32.6 Å². The summed E-state index contributed by atoms with van der Waals surface area (Å²) in [5.41, 5.74) is 1.95. The average molecular weight is 486 g/mol. The molecule has 1 aromatic carbocycles. The number of methoxy groups -OCH3 is 1. The summed E-state index contributed by atoms with van der Waals surface area (Å²) >= 11 is 5.06. The second-order valence-corrected chi connectivity index (χ2v) is 8.88. The second-order valence-electron chi connectivity index (χ2n) is 6.94. The molecule has 0 spiro atoms. The molecule has 2 heterocycles. The number of fused-ring (bicyclic) bond motifs is 3. The van der Waals surface area contributed by atoms with Gasteiger partial charge < -0.3 is 14.5 Å². The largest absolute Gasteiger partial charge is 0.493 e. The lowest BCUT2D eigenvalue weighted by molar-refractivity contribution is 0.309. The number of rotatable bonds is 5.